The van der Waals surface area contributed by atoms with Crippen molar-refractivity contribution in [2.75, 3.05) is 13.6 Å². The highest BCUT2D eigenvalue weighted by molar-refractivity contribution is 7.80. The van der Waals surface area contributed by atoms with E-state index < -0.39 is 0 Å². The van der Waals surface area contributed by atoms with Crippen LogP contribution in [0.1, 0.15) is 24.0 Å². The number of halogens is 1. The zero-order chi connectivity index (χ0) is 13.1. The fraction of sp³-hybridized carbons (Fsp3) is 0.286. The van der Waals surface area contributed by atoms with Gasteiger partial charge in [-0.15, -0.1) is 12.4 Å². The lowest BCUT2D eigenvalue weighted by Gasteiger charge is -2.14. The van der Waals surface area contributed by atoms with Crippen LogP contribution in [0, 0.1) is 0 Å². The van der Waals surface area contributed by atoms with E-state index in [1.54, 1.807) is 6.20 Å². The lowest BCUT2D eigenvalue weighted by molar-refractivity contribution is 0.779. The number of hydrogen-bond donors (Lipinski definition) is 2. The van der Waals surface area contributed by atoms with Crippen molar-refractivity contribution in [1.29, 1.82) is 0 Å². The SMILES string of the molecule is CNC(=S)c1ccnc2c([C@@H](C)CN)cccc12.Cl. The first-order chi connectivity index (χ1) is 8.69. The van der Waals surface area contributed by atoms with Crippen molar-refractivity contribution in [1.82, 2.24) is 10.3 Å². The molecule has 1 atom stereocenters. The van der Waals surface area contributed by atoms with Crippen molar-refractivity contribution in [2.24, 2.45) is 5.73 Å². The van der Waals surface area contributed by atoms with Gasteiger partial charge < -0.3 is 11.1 Å². The van der Waals surface area contributed by atoms with Crippen molar-refractivity contribution < 1.29 is 0 Å². The van der Waals surface area contributed by atoms with Crippen LogP contribution in [0.25, 0.3) is 10.9 Å². The van der Waals surface area contributed by atoms with Gasteiger partial charge in [0.15, 0.2) is 0 Å². The highest BCUT2D eigenvalue weighted by atomic mass is 35.5. The summed E-state index contributed by atoms with van der Waals surface area (Å²) in [6.07, 6.45) is 1.80. The van der Waals surface area contributed by atoms with Crippen LogP contribution in [-0.2, 0) is 0 Å². The summed E-state index contributed by atoms with van der Waals surface area (Å²) in [6.45, 7) is 2.72. The maximum absolute atomic E-state index is 5.75. The van der Waals surface area contributed by atoms with Gasteiger partial charge in [-0.2, -0.15) is 0 Å². The summed E-state index contributed by atoms with van der Waals surface area (Å²) in [6, 6.07) is 8.11. The first-order valence-corrected chi connectivity index (χ1v) is 6.39. The molecule has 2 rings (SSSR count). The summed E-state index contributed by atoms with van der Waals surface area (Å²) in [5.41, 5.74) is 8.94. The zero-order valence-corrected chi connectivity index (χ0v) is 12.6. The van der Waals surface area contributed by atoms with Crippen LogP contribution in [0.15, 0.2) is 30.5 Å². The molecule has 5 heteroatoms. The van der Waals surface area contributed by atoms with E-state index in [-0.39, 0.29) is 12.4 Å². The Morgan fingerprint density at radius 1 is 1.42 bits per heavy atom. The molecule has 102 valence electrons. The zero-order valence-electron chi connectivity index (χ0n) is 11.0. The third kappa shape index (κ3) is 3.03. The number of rotatable bonds is 3. The van der Waals surface area contributed by atoms with Gasteiger partial charge in [-0.05, 0) is 24.1 Å². The molecule has 0 unspecified atom stereocenters. The van der Waals surface area contributed by atoms with E-state index in [0.717, 1.165) is 21.5 Å². The van der Waals surface area contributed by atoms with Gasteiger partial charge in [0.1, 0.15) is 4.99 Å². The van der Waals surface area contributed by atoms with Gasteiger partial charge >= 0.3 is 0 Å². The minimum atomic E-state index is 0. The van der Waals surface area contributed by atoms with E-state index in [9.17, 15) is 0 Å². The Balaban J connectivity index is 0.00000180. The average molecular weight is 296 g/mol. The normalized spacial score (nSPS) is 11.7. The summed E-state index contributed by atoms with van der Waals surface area (Å²) in [7, 11) is 1.83. The Bertz CT molecular complexity index is 586. The number of hydrogen-bond acceptors (Lipinski definition) is 3. The number of nitrogens with one attached hydrogen (secondary N) is 1. The second-order valence-corrected chi connectivity index (χ2v) is 4.73. The van der Waals surface area contributed by atoms with Gasteiger partial charge in [0.05, 0.1) is 5.52 Å². The molecular weight excluding hydrogens is 278 g/mol. The molecule has 1 aromatic heterocycles. The highest BCUT2D eigenvalue weighted by Gasteiger charge is 2.12. The van der Waals surface area contributed by atoms with Gasteiger partial charge in [0.2, 0.25) is 0 Å². The van der Waals surface area contributed by atoms with Crippen molar-refractivity contribution >= 4 is 40.5 Å². The number of nitrogens with two attached hydrogens (primary N) is 1. The standard InChI is InChI=1S/C14H17N3S.ClH/c1-9(8-15)10-4-3-5-11-12(14(18)16-2)6-7-17-13(10)11;/h3-7,9H,8,15H2,1-2H3,(H,16,18);1H/t9-;/m0./s1. The first kappa shape index (κ1) is 15.8. The molecule has 0 aliphatic heterocycles. The topological polar surface area (TPSA) is 50.9 Å². The molecule has 0 amide bonds. The average Bonchev–Trinajstić information content (AvgIpc) is 2.44. The molecule has 0 bridgehead atoms. The minimum Gasteiger partial charge on any atom is -0.379 e. The molecule has 0 fully saturated rings. The van der Waals surface area contributed by atoms with Crippen LogP contribution in [0.4, 0.5) is 0 Å². The maximum Gasteiger partial charge on any atom is 0.107 e. The van der Waals surface area contributed by atoms with Gasteiger partial charge in [-0.25, -0.2) is 0 Å². The van der Waals surface area contributed by atoms with Crippen molar-refractivity contribution in [3.05, 3.63) is 41.6 Å². The van der Waals surface area contributed by atoms with E-state index in [1.165, 1.54) is 5.56 Å². The first-order valence-electron chi connectivity index (χ1n) is 5.98. The number of aromatic nitrogens is 1. The van der Waals surface area contributed by atoms with Gasteiger partial charge in [-0.1, -0.05) is 37.3 Å². The van der Waals surface area contributed by atoms with E-state index in [1.807, 2.05) is 25.2 Å². The minimum absolute atomic E-state index is 0. The largest absolute Gasteiger partial charge is 0.379 e. The van der Waals surface area contributed by atoms with E-state index in [0.29, 0.717) is 12.5 Å². The molecule has 1 aromatic carbocycles. The number of fused-ring (bicyclic) bond motifs is 1. The van der Waals surface area contributed by atoms with Crippen LogP contribution < -0.4 is 11.1 Å². The van der Waals surface area contributed by atoms with Gasteiger partial charge in [-0.3, -0.25) is 4.98 Å². The number of pyridine rings is 1. The fourth-order valence-electron chi connectivity index (χ4n) is 2.06. The molecular formula is C14H18ClN3S. The Morgan fingerprint density at radius 2 is 2.16 bits per heavy atom. The second kappa shape index (κ2) is 6.80. The summed E-state index contributed by atoms with van der Waals surface area (Å²) >= 11 is 5.32. The molecule has 3 nitrogen and oxygen atoms in total. The summed E-state index contributed by atoms with van der Waals surface area (Å²) in [5, 5.41) is 4.09. The lowest BCUT2D eigenvalue weighted by Crippen LogP contribution is -2.17. The van der Waals surface area contributed by atoms with Gasteiger partial charge in [0.25, 0.3) is 0 Å². The van der Waals surface area contributed by atoms with Crippen LogP contribution in [0.5, 0.6) is 0 Å². The number of thiocarbonyl (C=S) groups is 1. The van der Waals surface area contributed by atoms with Crippen LogP contribution in [-0.4, -0.2) is 23.6 Å². The maximum atomic E-state index is 5.75. The van der Waals surface area contributed by atoms with Crippen molar-refractivity contribution in [3.8, 4) is 0 Å². The second-order valence-electron chi connectivity index (χ2n) is 4.32. The number of para-hydroxylation sites is 1. The molecule has 2 aromatic rings. The summed E-state index contributed by atoms with van der Waals surface area (Å²) < 4.78 is 0. The molecule has 1 heterocycles. The number of nitrogens with zero attached hydrogens (tertiary/aromatic N) is 1. The molecule has 0 aliphatic carbocycles. The molecule has 19 heavy (non-hydrogen) atoms. The quantitative estimate of drug-likeness (QED) is 0.855. The highest BCUT2D eigenvalue weighted by Crippen LogP contribution is 2.25. The molecule has 0 radical (unpaired) electrons. The molecule has 0 aliphatic rings. The third-order valence-electron chi connectivity index (χ3n) is 3.16. The summed E-state index contributed by atoms with van der Waals surface area (Å²) in [4.78, 5) is 5.22. The Hall–Kier alpha value is -1.23. The van der Waals surface area contributed by atoms with E-state index in [2.05, 4.69) is 23.3 Å². The molecule has 3 N–H and O–H groups in total. The van der Waals surface area contributed by atoms with Crippen molar-refractivity contribution in [3.63, 3.8) is 0 Å². The van der Waals surface area contributed by atoms with Crippen LogP contribution in [0.3, 0.4) is 0 Å². The monoisotopic (exact) mass is 295 g/mol. The smallest absolute Gasteiger partial charge is 0.107 e. The van der Waals surface area contributed by atoms with E-state index >= 15 is 0 Å². The Kier molecular flexibility index (Phi) is 5.66. The predicted molar refractivity (Wildman–Crippen MR) is 87.2 cm³/mol. The van der Waals surface area contributed by atoms with E-state index in [4.69, 9.17) is 18.0 Å². The fourth-order valence-corrected chi connectivity index (χ4v) is 2.23. The molecule has 0 spiro atoms. The van der Waals surface area contributed by atoms with Crippen LogP contribution >= 0.6 is 24.6 Å². The Labute approximate surface area is 125 Å². The predicted octanol–water partition coefficient (Wildman–Crippen LogP) is 2.61. The Morgan fingerprint density at radius 3 is 2.79 bits per heavy atom. The number of benzene rings is 1. The van der Waals surface area contributed by atoms with Crippen molar-refractivity contribution in [2.45, 2.75) is 12.8 Å². The molecule has 0 saturated heterocycles. The van der Waals surface area contributed by atoms with Gasteiger partial charge in [0, 0.05) is 24.2 Å². The summed E-state index contributed by atoms with van der Waals surface area (Å²) in [5.74, 6) is 0.291. The lowest BCUT2D eigenvalue weighted by atomic mass is 9.96. The molecule has 0 saturated carbocycles. The third-order valence-corrected chi connectivity index (χ3v) is 3.58. The van der Waals surface area contributed by atoms with Crippen LogP contribution in [0.2, 0.25) is 0 Å².